The summed E-state index contributed by atoms with van der Waals surface area (Å²) >= 11 is 0. The molecule has 4 nitrogen and oxygen atoms in total. The van der Waals surface area contributed by atoms with Crippen LogP contribution in [0.5, 0.6) is 0 Å². The molecule has 4 heteroatoms. The van der Waals surface area contributed by atoms with Crippen molar-refractivity contribution in [3.63, 3.8) is 0 Å². The summed E-state index contributed by atoms with van der Waals surface area (Å²) in [5.74, 6) is -0.0269. The third-order valence-corrected chi connectivity index (χ3v) is 4.26. The van der Waals surface area contributed by atoms with E-state index >= 15 is 0 Å². The number of carbonyl (C=O) groups is 1. The number of nitrogens with zero attached hydrogens (tertiary/aromatic N) is 1. The molecule has 1 aromatic rings. The molecule has 1 fully saturated rings. The van der Waals surface area contributed by atoms with Gasteiger partial charge in [-0.1, -0.05) is 12.5 Å². The zero-order valence-corrected chi connectivity index (χ0v) is 12.7. The lowest BCUT2D eigenvalue weighted by molar-refractivity contribution is 0.0962. The molecule has 0 bridgehead atoms. The highest BCUT2D eigenvalue weighted by Crippen LogP contribution is 2.21. The van der Waals surface area contributed by atoms with Crippen LogP contribution in [0.3, 0.4) is 0 Å². The summed E-state index contributed by atoms with van der Waals surface area (Å²) in [5, 5.41) is 6.20. The fourth-order valence-corrected chi connectivity index (χ4v) is 2.84. The van der Waals surface area contributed by atoms with E-state index in [-0.39, 0.29) is 5.91 Å². The van der Waals surface area contributed by atoms with Crippen molar-refractivity contribution in [2.75, 3.05) is 32.5 Å². The van der Waals surface area contributed by atoms with Gasteiger partial charge in [0.2, 0.25) is 0 Å². The molecule has 0 radical (unpaired) electrons. The molecule has 1 aliphatic rings. The molecule has 1 unspecified atom stereocenters. The van der Waals surface area contributed by atoms with Crippen LogP contribution in [0.15, 0.2) is 18.2 Å². The number of likely N-dealkylation sites (tertiary alicyclic amines) is 1. The molecule has 1 amide bonds. The van der Waals surface area contributed by atoms with Crippen LogP contribution in [0.25, 0.3) is 0 Å². The number of rotatable bonds is 4. The fourth-order valence-electron chi connectivity index (χ4n) is 2.84. The van der Waals surface area contributed by atoms with Crippen molar-refractivity contribution in [3.8, 4) is 0 Å². The lowest BCUT2D eigenvalue weighted by Gasteiger charge is -2.33. The first-order valence-corrected chi connectivity index (χ1v) is 7.39. The third kappa shape index (κ3) is 3.31. The number of hydrogen-bond donors (Lipinski definition) is 2. The Morgan fingerprint density at radius 2 is 2.20 bits per heavy atom. The Kier molecular flexibility index (Phi) is 5.01. The molecule has 1 atom stereocenters. The van der Waals surface area contributed by atoms with Crippen LogP contribution in [-0.4, -0.2) is 44.0 Å². The Hall–Kier alpha value is -1.55. The smallest absolute Gasteiger partial charge is 0.251 e. The summed E-state index contributed by atoms with van der Waals surface area (Å²) in [6.45, 7) is 4.12. The Labute approximate surface area is 121 Å². The molecule has 1 heterocycles. The van der Waals surface area contributed by atoms with E-state index in [4.69, 9.17) is 0 Å². The van der Waals surface area contributed by atoms with Crippen LogP contribution in [0.1, 0.15) is 35.2 Å². The van der Waals surface area contributed by atoms with Gasteiger partial charge in [0.25, 0.3) is 5.91 Å². The quantitative estimate of drug-likeness (QED) is 0.886. The van der Waals surface area contributed by atoms with E-state index in [0.29, 0.717) is 6.04 Å². The van der Waals surface area contributed by atoms with Crippen LogP contribution >= 0.6 is 0 Å². The van der Waals surface area contributed by atoms with E-state index in [1.54, 1.807) is 7.05 Å². The summed E-state index contributed by atoms with van der Waals surface area (Å²) in [4.78, 5) is 14.2. The molecule has 2 rings (SSSR count). The van der Waals surface area contributed by atoms with Crippen LogP contribution < -0.4 is 10.6 Å². The highest BCUT2D eigenvalue weighted by Gasteiger charge is 2.19. The minimum absolute atomic E-state index is 0.0269. The first-order valence-electron chi connectivity index (χ1n) is 7.39. The highest BCUT2D eigenvalue weighted by molar-refractivity contribution is 5.96. The lowest BCUT2D eigenvalue weighted by atomic mass is 10.0. The van der Waals surface area contributed by atoms with Gasteiger partial charge in [-0.2, -0.15) is 0 Å². The minimum atomic E-state index is -0.0269. The van der Waals surface area contributed by atoms with Crippen LogP contribution in [0.2, 0.25) is 0 Å². The molecule has 2 N–H and O–H groups in total. The van der Waals surface area contributed by atoms with E-state index in [1.807, 2.05) is 25.1 Å². The predicted octanol–water partition coefficient (Wildman–Crippen LogP) is 2.25. The molecule has 1 saturated heterocycles. The van der Waals surface area contributed by atoms with Gasteiger partial charge in [-0.25, -0.2) is 0 Å². The van der Waals surface area contributed by atoms with Gasteiger partial charge < -0.3 is 15.5 Å². The van der Waals surface area contributed by atoms with Crippen molar-refractivity contribution in [1.29, 1.82) is 0 Å². The number of carbonyl (C=O) groups excluding carboxylic acids is 1. The molecular weight excluding hydrogens is 250 g/mol. The van der Waals surface area contributed by atoms with Crippen LogP contribution in [0, 0.1) is 6.92 Å². The molecule has 1 aliphatic heterocycles. The first-order chi connectivity index (χ1) is 9.63. The fraction of sp³-hybridized carbons (Fsp3) is 0.562. The lowest BCUT2D eigenvalue weighted by Crippen LogP contribution is -2.40. The molecule has 0 aliphatic carbocycles. The normalized spacial score (nSPS) is 19.6. The minimum Gasteiger partial charge on any atom is -0.383 e. The average Bonchev–Trinajstić information content (AvgIpc) is 2.47. The maximum Gasteiger partial charge on any atom is 0.251 e. The standard InChI is InChI=1S/C16H25N3O/c1-12-14(16(20)17-2)8-6-9-15(12)18-11-13-7-4-5-10-19(13)3/h6,8-9,13,18H,4-5,7,10-11H2,1-3H3,(H,17,20). The third-order valence-electron chi connectivity index (χ3n) is 4.26. The van der Waals surface area contributed by atoms with E-state index in [0.717, 1.165) is 23.4 Å². The number of piperidine rings is 1. The second-order valence-electron chi connectivity index (χ2n) is 5.57. The second-order valence-corrected chi connectivity index (χ2v) is 5.57. The number of nitrogens with one attached hydrogen (secondary N) is 2. The van der Waals surface area contributed by atoms with Crippen molar-refractivity contribution in [1.82, 2.24) is 10.2 Å². The summed E-state index contributed by atoms with van der Waals surface area (Å²) in [5.41, 5.74) is 2.82. The van der Waals surface area contributed by atoms with Gasteiger partial charge in [-0.15, -0.1) is 0 Å². The van der Waals surface area contributed by atoms with Crippen LogP contribution in [0.4, 0.5) is 5.69 Å². The number of likely N-dealkylation sites (N-methyl/N-ethyl adjacent to an activating group) is 1. The van der Waals surface area contributed by atoms with Gasteiger partial charge >= 0.3 is 0 Å². The molecular formula is C16H25N3O. The topological polar surface area (TPSA) is 44.4 Å². The van der Waals surface area contributed by atoms with Crippen molar-refractivity contribution >= 4 is 11.6 Å². The van der Waals surface area contributed by atoms with Gasteiger partial charge in [0, 0.05) is 30.9 Å². The number of amides is 1. The largest absolute Gasteiger partial charge is 0.383 e. The monoisotopic (exact) mass is 275 g/mol. The molecule has 110 valence electrons. The summed E-state index contributed by atoms with van der Waals surface area (Å²) in [6.07, 6.45) is 3.86. The Morgan fingerprint density at radius 3 is 2.90 bits per heavy atom. The molecule has 0 spiro atoms. The average molecular weight is 275 g/mol. The number of benzene rings is 1. The van der Waals surface area contributed by atoms with Gasteiger partial charge in [0.1, 0.15) is 0 Å². The van der Waals surface area contributed by atoms with Crippen molar-refractivity contribution in [2.45, 2.75) is 32.2 Å². The maximum absolute atomic E-state index is 11.8. The second kappa shape index (κ2) is 6.75. The predicted molar refractivity (Wildman–Crippen MR) is 83.3 cm³/mol. The Balaban J connectivity index is 2.04. The highest BCUT2D eigenvalue weighted by atomic mass is 16.1. The zero-order valence-electron chi connectivity index (χ0n) is 12.7. The summed E-state index contributed by atoms with van der Waals surface area (Å²) in [6, 6.07) is 6.44. The van der Waals surface area contributed by atoms with E-state index in [2.05, 4.69) is 22.6 Å². The Bertz CT molecular complexity index is 473. The SMILES string of the molecule is CNC(=O)c1cccc(NCC2CCCCN2C)c1C. The van der Waals surface area contributed by atoms with Crippen molar-refractivity contribution < 1.29 is 4.79 Å². The zero-order chi connectivity index (χ0) is 14.5. The van der Waals surface area contributed by atoms with Gasteiger partial charge in [-0.05, 0) is 51.1 Å². The van der Waals surface area contributed by atoms with Crippen LogP contribution in [-0.2, 0) is 0 Å². The first kappa shape index (κ1) is 14.9. The van der Waals surface area contributed by atoms with E-state index < -0.39 is 0 Å². The number of anilines is 1. The van der Waals surface area contributed by atoms with Gasteiger partial charge in [0.05, 0.1) is 0 Å². The summed E-state index contributed by atoms with van der Waals surface area (Å²) < 4.78 is 0. The molecule has 1 aromatic carbocycles. The van der Waals surface area contributed by atoms with Crippen molar-refractivity contribution in [3.05, 3.63) is 29.3 Å². The number of hydrogen-bond acceptors (Lipinski definition) is 3. The van der Waals surface area contributed by atoms with Crippen molar-refractivity contribution in [2.24, 2.45) is 0 Å². The maximum atomic E-state index is 11.8. The van der Waals surface area contributed by atoms with E-state index in [9.17, 15) is 4.79 Å². The molecule has 0 aromatic heterocycles. The molecule has 20 heavy (non-hydrogen) atoms. The van der Waals surface area contributed by atoms with Gasteiger partial charge in [0.15, 0.2) is 0 Å². The summed E-state index contributed by atoms with van der Waals surface area (Å²) in [7, 11) is 3.86. The molecule has 0 saturated carbocycles. The van der Waals surface area contributed by atoms with E-state index in [1.165, 1.54) is 25.8 Å². The van der Waals surface area contributed by atoms with Gasteiger partial charge in [-0.3, -0.25) is 4.79 Å². The Morgan fingerprint density at radius 1 is 1.40 bits per heavy atom.